The summed E-state index contributed by atoms with van der Waals surface area (Å²) in [6, 6.07) is 0.391. The molecule has 12 heavy (non-hydrogen) atoms. The molecule has 0 spiro atoms. The number of nitrogens with zero attached hydrogens (tertiary/aromatic N) is 2. The lowest BCUT2D eigenvalue weighted by atomic mass is 10.0. The van der Waals surface area contributed by atoms with Crippen LogP contribution in [0.25, 0.3) is 0 Å². The Kier molecular flexibility index (Phi) is 3.16. The summed E-state index contributed by atoms with van der Waals surface area (Å²) in [5.74, 6) is 7.44. The van der Waals surface area contributed by atoms with Crippen LogP contribution in [-0.4, -0.2) is 30.9 Å². The molecule has 1 aliphatic rings. The molecule has 0 saturated heterocycles. The fourth-order valence-corrected chi connectivity index (χ4v) is 1.32. The van der Waals surface area contributed by atoms with E-state index in [4.69, 9.17) is 0 Å². The molecule has 2 nitrogen and oxygen atoms in total. The Morgan fingerprint density at radius 2 is 2.33 bits per heavy atom. The Morgan fingerprint density at radius 1 is 1.58 bits per heavy atom. The van der Waals surface area contributed by atoms with E-state index in [1.807, 2.05) is 14.0 Å². The van der Waals surface area contributed by atoms with Crippen molar-refractivity contribution in [1.29, 1.82) is 0 Å². The van der Waals surface area contributed by atoms with Crippen molar-refractivity contribution < 1.29 is 0 Å². The highest BCUT2D eigenvalue weighted by Crippen LogP contribution is 2.10. The van der Waals surface area contributed by atoms with Crippen molar-refractivity contribution in [3.63, 3.8) is 0 Å². The average Bonchev–Trinajstić information content (AvgIpc) is 2.17. The second-order valence-electron chi connectivity index (χ2n) is 3.11. The SMILES string of the molecule is CN=C(C)N(C)[C@H]1C#CCCC1. The van der Waals surface area contributed by atoms with E-state index < -0.39 is 0 Å². The van der Waals surface area contributed by atoms with Crippen LogP contribution in [0.1, 0.15) is 26.2 Å². The van der Waals surface area contributed by atoms with Gasteiger partial charge in [-0.1, -0.05) is 5.92 Å². The molecule has 66 valence electrons. The summed E-state index contributed by atoms with van der Waals surface area (Å²) in [5, 5.41) is 0. The number of amidine groups is 1. The molecule has 0 fully saturated rings. The summed E-state index contributed by atoms with van der Waals surface area (Å²) in [6.45, 7) is 2.02. The highest BCUT2D eigenvalue weighted by atomic mass is 15.2. The van der Waals surface area contributed by atoms with E-state index in [1.54, 1.807) is 0 Å². The molecule has 0 aromatic carbocycles. The Hall–Kier alpha value is -0.970. The minimum Gasteiger partial charge on any atom is -0.350 e. The summed E-state index contributed by atoms with van der Waals surface area (Å²) < 4.78 is 0. The maximum absolute atomic E-state index is 4.14. The number of hydrogen-bond acceptors (Lipinski definition) is 1. The second kappa shape index (κ2) is 4.15. The Bertz CT molecular complexity index is 232. The monoisotopic (exact) mass is 164 g/mol. The van der Waals surface area contributed by atoms with Crippen LogP contribution in [0.5, 0.6) is 0 Å². The zero-order chi connectivity index (χ0) is 8.97. The highest BCUT2D eigenvalue weighted by Gasteiger charge is 2.13. The lowest BCUT2D eigenvalue weighted by Gasteiger charge is -2.26. The van der Waals surface area contributed by atoms with E-state index in [0.717, 1.165) is 12.3 Å². The molecule has 0 aromatic rings. The summed E-state index contributed by atoms with van der Waals surface area (Å²) >= 11 is 0. The quantitative estimate of drug-likeness (QED) is 0.326. The average molecular weight is 164 g/mol. The normalized spacial score (nSPS) is 22.9. The van der Waals surface area contributed by atoms with Crippen molar-refractivity contribution in [2.75, 3.05) is 14.1 Å². The van der Waals surface area contributed by atoms with Crippen molar-refractivity contribution >= 4 is 5.84 Å². The predicted octanol–water partition coefficient (Wildman–Crippen LogP) is 1.52. The lowest BCUT2D eigenvalue weighted by Crippen LogP contribution is -2.35. The van der Waals surface area contributed by atoms with Gasteiger partial charge in [0.05, 0.1) is 11.9 Å². The number of aliphatic imine (C=N–C) groups is 1. The summed E-state index contributed by atoms with van der Waals surface area (Å²) in [7, 11) is 3.88. The molecule has 0 aromatic heterocycles. The molecule has 0 aliphatic heterocycles. The zero-order valence-electron chi connectivity index (χ0n) is 8.09. The van der Waals surface area contributed by atoms with Gasteiger partial charge in [0, 0.05) is 20.5 Å². The molecule has 0 radical (unpaired) electrons. The van der Waals surface area contributed by atoms with Crippen LogP contribution in [0.4, 0.5) is 0 Å². The van der Waals surface area contributed by atoms with E-state index in [1.165, 1.54) is 12.8 Å². The van der Waals surface area contributed by atoms with Crippen LogP contribution in [-0.2, 0) is 0 Å². The standard InChI is InChI=1S/C10H16N2/c1-9(11-2)12(3)10-7-5-4-6-8-10/h10H,4-5,7H2,1-3H3/t10-/m1/s1. The van der Waals surface area contributed by atoms with Crippen LogP contribution in [0, 0.1) is 11.8 Å². The van der Waals surface area contributed by atoms with Crippen LogP contribution in [0.3, 0.4) is 0 Å². The van der Waals surface area contributed by atoms with Crippen molar-refractivity contribution in [3.05, 3.63) is 0 Å². The smallest absolute Gasteiger partial charge is 0.0961 e. The van der Waals surface area contributed by atoms with Crippen LogP contribution < -0.4 is 0 Å². The lowest BCUT2D eigenvalue weighted by molar-refractivity contribution is 0.400. The first-order valence-corrected chi connectivity index (χ1v) is 4.40. The van der Waals surface area contributed by atoms with Crippen molar-refractivity contribution in [2.45, 2.75) is 32.2 Å². The molecule has 0 bridgehead atoms. The Labute approximate surface area is 74.7 Å². The van der Waals surface area contributed by atoms with Crippen LogP contribution >= 0.6 is 0 Å². The van der Waals surface area contributed by atoms with Crippen molar-refractivity contribution in [2.24, 2.45) is 4.99 Å². The summed E-state index contributed by atoms with van der Waals surface area (Å²) in [5.41, 5.74) is 0. The third-order valence-corrected chi connectivity index (χ3v) is 2.35. The maximum atomic E-state index is 4.14. The second-order valence-corrected chi connectivity index (χ2v) is 3.11. The van der Waals surface area contributed by atoms with E-state index in [9.17, 15) is 0 Å². The van der Waals surface area contributed by atoms with E-state index in [-0.39, 0.29) is 0 Å². The van der Waals surface area contributed by atoms with Gasteiger partial charge in [-0.3, -0.25) is 4.99 Å². The van der Waals surface area contributed by atoms with Gasteiger partial charge in [0.1, 0.15) is 0 Å². The summed E-state index contributed by atoms with van der Waals surface area (Å²) in [4.78, 5) is 6.30. The molecule has 0 amide bonds. The molecule has 0 N–H and O–H groups in total. The molecule has 0 saturated carbocycles. The van der Waals surface area contributed by atoms with Gasteiger partial charge < -0.3 is 4.90 Å². The number of hydrogen-bond donors (Lipinski definition) is 0. The molecule has 0 unspecified atom stereocenters. The largest absolute Gasteiger partial charge is 0.350 e. The van der Waals surface area contributed by atoms with Gasteiger partial charge >= 0.3 is 0 Å². The minimum absolute atomic E-state index is 0.391. The third kappa shape index (κ3) is 2.01. The first-order valence-electron chi connectivity index (χ1n) is 4.40. The van der Waals surface area contributed by atoms with Gasteiger partial charge in [0.25, 0.3) is 0 Å². The highest BCUT2D eigenvalue weighted by molar-refractivity contribution is 5.79. The van der Waals surface area contributed by atoms with E-state index in [0.29, 0.717) is 6.04 Å². The van der Waals surface area contributed by atoms with Crippen LogP contribution in [0.15, 0.2) is 4.99 Å². The zero-order valence-corrected chi connectivity index (χ0v) is 8.09. The van der Waals surface area contributed by atoms with Gasteiger partial charge in [-0.2, -0.15) is 0 Å². The molecule has 1 rings (SSSR count). The van der Waals surface area contributed by atoms with Crippen LogP contribution in [0.2, 0.25) is 0 Å². The third-order valence-electron chi connectivity index (χ3n) is 2.35. The maximum Gasteiger partial charge on any atom is 0.0961 e. The molecular weight excluding hydrogens is 148 g/mol. The number of rotatable bonds is 1. The summed E-state index contributed by atoms with van der Waals surface area (Å²) in [6.07, 6.45) is 3.46. The molecule has 0 heterocycles. The topological polar surface area (TPSA) is 15.6 Å². The fourth-order valence-electron chi connectivity index (χ4n) is 1.32. The Balaban J connectivity index is 2.61. The minimum atomic E-state index is 0.391. The van der Waals surface area contributed by atoms with E-state index in [2.05, 4.69) is 28.8 Å². The predicted molar refractivity (Wildman–Crippen MR) is 52.2 cm³/mol. The van der Waals surface area contributed by atoms with Gasteiger partial charge in [0.2, 0.25) is 0 Å². The molecule has 1 aliphatic carbocycles. The van der Waals surface area contributed by atoms with Gasteiger partial charge in [-0.25, -0.2) is 0 Å². The molecule has 1 atom stereocenters. The first kappa shape index (κ1) is 9.12. The van der Waals surface area contributed by atoms with E-state index >= 15 is 0 Å². The fraction of sp³-hybridized carbons (Fsp3) is 0.700. The first-order chi connectivity index (χ1) is 5.75. The molecular formula is C10H16N2. The van der Waals surface area contributed by atoms with Crippen molar-refractivity contribution in [3.8, 4) is 11.8 Å². The van der Waals surface area contributed by atoms with Gasteiger partial charge in [-0.05, 0) is 19.8 Å². The Morgan fingerprint density at radius 3 is 2.83 bits per heavy atom. The van der Waals surface area contributed by atoms with Crippen molar-refractivity contribution in [1.82, 2.24) is 4.90 Å². The van der Waals surface area contributed by atoms with Gasteiger partial charge in [0.15, 0.2) is 0 Å². The van der Waals surface area contributed by atoms with Gasteiger partial charge in [-0.15, -0.1) is 5.92 Å². The molecule has 2 heteroatoms.